The minimum absolute atomic E-state index is 0.270. The van der Waals surface area contributed by atoms with Crippen molar-refractivity contribution < 1.29 is 4.59 Å². The first kappa shape index (κ1) is 15.9. The second-order valence-corrected chi connectivity index (χ2v) is 8.34. The molecule has 0 radical (unpaired) electrons. The van der Waals surface area contributed by atoms with Gasteiger partial charge in [-0.3, -0.25) is 0 Å². The smallest absolute Gasteiger partial charge is 0.222 e. The molecule has 4 aromatic rings. The molecule has 25 heavy (non-hydrogen) atoms. The molecule has 0 unspecified atom stereocenters. The first-order valence-corrected chi connectivity index (χ1v) is 8.87. The summed E-state index contributed by atoms with van der Waals surface area (Å²) < 4.78 is 0.531. The SMILES string of the molecule is Cc1ccc(-c2cc3nc(N)nc(N[N+](C)(C)C)c3c3cc[nH]c23)s1. The standard InChI is InChI=1S/C18H21N6S/c1-10-5-6-14(25-10)12-9-13-15(11-7-8-20-16(11)12)17(22-18(19)21-13)23-24(2,3)4/h5-9,20H,1-4H3,(H3,19,21,22,23)/q+1. The van der Waals surface area contributed by atoms with Crippen molar-refractivity contribution in [3.8, 4) is 10.4 Å². The normalized spacial score (nSPS) is 12.2. The maximum Gasteiger partial charge on any atom is 0.222 e. The van der Waals surface area contributed by atoms with E-state index in [0.29, 0.717) is 4.59 Å². The summed E-state index contributed by atoms with van der Waals surface area (Å²) in [5.41, 5.74) is 12.5. The maximum absolute atomic E-state index is 5.98. The number of H-pyrrole nitrogens is 1. The van der Waals surface area contributed by atoms with E-state index < -0.39 is 0 Å². The molecule has 0 bridgehead atoms. The van der Waals surface area contributed by atoms with Gasteiger partial charge in [0.05, 0.1) is 37.6 Å². The van der Waals surface area contributed by atoms with Gasteiger partial charge < -0.3 is 10.7 Å². The van der Waals surface area contributed by atoms with Crippen molar-refractivity contribution in [2.45, 2.75) is 6.92 Å². The Labute approximate surface area is 149 Å². The summed E-state index contributed by atoms with van der Waals surface area (Å²) in [4.78, 5) is 14.8. The van der Waals surface area contributed by atoms with Gasteiger partial charge in [0.1, 0.15) is 0 Å². The van der Waals surface area contributed by atoms with E-state index in [1.807, 2.05) is 27.3 Å². The number of hydrogen-bond donors (Lipinski definition) is 3. The number of thiophene rings is 1. The predicted octanol–water partition coefficient (Wildman–Crippen LogP) is 3.76. The molecule has 4 rings (SSSR count). The van der Waals surface area contributed by atoms with E-state index in [2.05, 4.69) is 51.6 Å². The number of aryl methyl sites for hydroxylation is 1. The van der Waals surface area contributed by atoms with E-state index in [0.717, 1.165) is 33.2 Å². The molecule has 128 valence electrons. The van der Waals surface area contributed by atoms with E-state index in [1.54, 1.807) is 11.3 Å². The number of anilines is 2. The van der Waals surface area contributed by atoms with Crippen molar-refractivity contribution in [2.75, 3.05) is 32.3 Å². The fraction of sp³-hybridized carbons (Fsp3) is 0.222. The summed E-state index contributed by atoms with van der Waals surface area (Å²) in [7, 11) is 6.13. The number of nitrogens with two attached hydrogens (primary N) is 1. The first-order valence-electron chi connectivity index (χ1n) is 8.06. The van der Waals surface area contributed by atoms with Crippen LogP contribution in [-0.2, 0) is 0 Å². The van der Waals surface area contributed by atoms with Crippen molar-refractivity contribution in [3.63, 3.8) is 0 Å². The molecule has 1 aromatic carbocycles. The fourth-order valence-electron chi connectivity index (χ4n) is 3.05. The highest BCUT2D eigenvalue weighted by atomic mass is 32.1. The van der Waals surface area contributed by atoms with Gasteiger partial charge >= 0.3 is 0 Å². The van der Waals surface area contributed by atoms with E-state index in [9.17, 15) is 0 Å². The van der Waals surface area contributed by atoms with E-state index in [4.69, 9.17) is 5.73 Å². The molecule has 6 nitrogen and oxygen atoms in total. The minimum Gasteiger partial charge on any atom is -0.368 e. The number of benzene rings is 1. The molecule has 0 spiro atoms. The Balaban J connectivity index is 2.07. The Morgan fingerprint density at radius 1 is 1.16 bits per heavy atom. The van der Waals surface area contributed by atoms with Gasteiger partial charge in [-0.25, -0.2) is 15.0 Å². The molecule has 0 aliphatic rings. The Morgan fingerprint density at radius 3 is 2.64 bits per heavy atom. The van der Waals surface area contributed by atoms with Crippen LogP contribution in [0.5, 0.6) is 0 Å². The zero-order chi connectivity index (χ0) is 17.8. The Kier molecular flexibility index (Phi) is 3.45. The van der Waals surface area contributed by atoms with Crippen molar-refractivity contribution in [2.24, 2.45) is 0 Å². The number of aromatic nitrogens is 3. The number of nitrogen functional groups attached to an aromatic ring is 1. The zero-order valence-electron chi connectivity index (χ0n) is 14.7. The van der Waals surface area contributed by atoms with Gasteiger partial charge in [0.25, 0.3) is 0 Å². The molecular formula is C18H21N6S+. The van der Waals surface area contributed by atoms with Gasteiger partial charge in [-0.15, -0.1) is 11.3 Å². The van der Waals surface area contributed by atoms with Gasteiger partial charge in [0, 0.05) is 26.9 Å². The molecule has 0 aliphatic heterocycles. The number of nitrogens with zero attached hydrogens (tertiary/aromatic N) is 3. The molecule has 0 fully saturated rings. The lowest BCUT2D eigenvalue weighted by Crippen LogP contribution is -2.41. The average Bonchev–Trinajstić information content (AvgIpc) is 3.12. The highest BCUT2D eigenvalue weighted by Crippen LogP contribution is 2.39. The Morgan fingerprint density at radius 2 is 1.96 bits per heavy atom. The lowest BCUT2D eigenvalue weighted by Gasteiger charge is -2.25. The third-order valence-corrected chi connectivity index (χ3v) is 5.00. The van der Waals surface area contributed by atoms with Gasteiger partial charge in [0.15, 0.2) is 5.82 Å². The largest absolute Gasteiger partial charge is 0.368 e. The van der Waals surface area contributed by atoms with Gasteiger partial charge in [-0.2, -0.15) is 4.98 Å². The summed E-state index contributed by atoms with van der Waals surface area (Å²) >= 11 is 1.77. The molecule has 0 atom stereocenters. The number of rotatable bonds is 3. The molecule has 3 aromatic heterocycles. The zero-order valence-corrected chi connectivity index (χ0v) is 15.5. The van der Waals surface area contributed by atoms with Crippen LogP contribution < -0.4 is 11.2 Å². The number of quaternary nitrogens is 1. The topological polar surface area (TPSA) is 79.6 Å². The van der Waals surface area contributed by atoms with Crippen LogP contribution in [0.4, 0.5) is 11.8 Å². The second-order valence-electron chi connectivity index (χ2n) is 7.05. The highest BCUT2D eigenvalue weighted by molar-refractivity contribution is 7.15. The third-order valence-electron chi connectivity index (χ3n) is 3.97. The predicted molar refractivity (Wildman–Crippen MR) is 106 cm³/mol. The molecular weight excluding hydrogens is 332 g/mol. The Hall–Kier alpha value is -2.64. The molecule has 0 saturated heterocycles. The monoisotopic (exact) mass is 353 g/mol. The number of nitrogens with one attached hydrogen (secondary N) is 2. The minimum atomic E-state index is 0.270. The van der Waals surface area contributed by atoms with Gasteiger partial charge in [-0.05, 0) is 31.2 Å². The van der Waals surface area contributed by atoms with Crippen molar-refractivity contribution >= 4 is 44.9 Å². The Bertz CT molecular complexity index is 1090. The summed E-state index contributed by atoms with van der Waals surface area (Å²) in [6, 6.07) is 8.45. The summed E-state index contributed by atoms with van der Waals surface area (Å²) in [5, 5.41) is 2.07. The summed E-state index contributed by atoms with van der Waals surface area (Å²) in [6.45, 7) is 2.12. The molecule has 0 saturated carbocycles. The average molecular weight is 353 g/mol. The van der Waals surface area contributed by atoms with Gasteiger partial charge in [0.2, 0.25) is 5.95 Å². The van der Waals surface area contributed by atoms with Crippen molar-refractivity contribution in [3.05, 3.63) is 35.3 Å². The molecule has 0 aliphatic carbocycles. The number of fused-ring (bicyclic) bond motifs is 3. The van der Waals surface area contributed by atoms with Crippen LogP contribution >= 0.6 is 11.3 Å². The van der Waals surface area contributed by atoms with Crippen LogP contribution in [0, 0.1) is 6.92 Å². The van der Waals surface area contributed by atoms with Crippen molar-refractivity contribution in [1.29, 1.82) is 0 Å². The van der Waals surface area contributed by atoms with Crippen molar-refractivity contribution in [1.82, 2.24) is 15.0 Å². The quantitative estimate of drug-likeness (QED) is 0.387. The van der Waals surface area contributed by atoms with Crippen LogP contribution in [0.25, 0.3) is 32.2 Å². The number of hydrogen-bond acceptors (Lipinski definition) is 5. The summed E-state index contributed by atoms with van der Waals surface area (Å²) in [6.07, 6.45) is 1.96. The van der Waals surface area contributed by atoms with Crippen LogP contribution in [0.15, 0.2) is 30.5 Å². The molecule has 3 heterocycles. The highest BCUT2D eigenvalue weighted by Gasteiger charge is 2.19. The van der Waals surface area contributed by atoms with Crippen LogP contribution in [0.2, 0.25) is 0 Å². The lowest BCUT2D eigenvalue weighted by molar-refractivity contribution is -0.848. The maximum atomic E-state index is 5.98. The van der Waals surface area contributed by atoms with E-state index in [-0.39, 0.29) is 5.95 Å². The summed E-state index contributed by atoms with van der Waals surface area (Å²) in [5.74, 6) is 1.01. The number of aromatic amines is 1. The van der Waals surface area contributed by atoms with Crippen LogP contribution in [-0.4, -0.2) is 40.7 Å². The third kappa shape index (κ3) is 2.81. The van der Waals surface area contributed by atoms with E-state index >= 15 is 0 Å². The first-order chi connectivity index (χ1) is 11.8. The van der Waals surface area contributed by atoms with Gasteiger partial charge in [-0.1, -0.05) is 0 Å². The molecule has 7 heteroatoms. The van der Waals surface area contributed by atoms with Crippen LogP contribution in [0.3, 0.4) is 0 Å². The van der Waals surface area contributed by atoms with Crippen LogP contribution in [0.1, 0.15) is 4.88 Å². The molecule has 0 amide bonds. The second kappa shape index (κ2) is 5.44. The fourth-order valence-corrected chi connectivity index (χ4v) is 3.94. The lowest BCUT2D eigenvalue weighted by atomic mass is 10.0. The van der Waals surface area contributed by atoms with E-state index in [1.165, 1.54) is 9.75 Å². The molecule has 4 N–H and O–H groups in total.